The van der Waals surface area contributed by atoms with Crippen molar-refractivity contribution < 1.29 is 27.5 Å². The van der Waals surface area contributed by atoms with Gasteiger partial charge in [0.1, 0.15) is 11.4 Å². The minimum atomic E-state index is -4.77. The van der Waals surface area contributed by atoms with Gasteiger partial charge >= 0.3 is 6.36 Å². The van der Waals surface area contributed by atoms with E-state index < -0.39 is 6.36 Å². The highest BCUT2D eigenvalue weighted by molar-refractivity contribution is 7.10. The van der Waals surface area contributed by atoms with Crippen LogP contribution < -0.4 is 10.1 Å². The maximum absolute atomic E-state index is 13.1. The summed E-state index contributed by atoms with van der Waals surface area (Å²) in [6.07, 6.45) is -1.88. The molecule has 3 heterocycles. The van der Waals surface area contributed by atoms with Gasteiger partial charge in [-0.2, -0.15) is 0 Å². The molecule has 2 amide bonds. The zero-order valence-electron chi connectivity index (χ0n) is 21.3. The Balaban J connectivity index is 1.18. The number of carbonyl (C=O) groups is 2. The largest absolute Gasteiger partial charge is 0.573 e. The molecule has 6 nitrogen and oxygen atoms in total. The molecular weight excluding hydrogens is 559 g/mol. The number of rotatable bonds is 8. The molecule has 2 aromatic carbocycles. The van der Waals surface area contributed by atoms with Gasteiger partial charge in [-0.3, -0.25) is 9.59 Å². The van der Waals surface area contributed by atoms with Crippen LogP contribution in [0.2, 0.25) is 0 Å². The first-order valence-corrected chi connectivity index (χ1v) is 14.5. The predicted octanol–water partition coefficient (Wildman–Crippen LogP) is 7.36. The summed E-state index contributed by atoms with van der Waals surface area (Å²) in [5.74, 6) is -0.320. The first kappa shape index (κ1) is 27.9. The SMILES string of the molecule is O=C(Nc1ccccc1-c1ccc(OC(F)(F)F)cc1)c1csc(C2CCN(C(=O)CCc3cccs3)CC2)n1. The number of halogens is 3. The normalized spacial score (nSPS) is 14.2. The predicted molar refractivity (Wildman–Crippen MR) is 150 cm³/mol. The first-order valence-electron chi connectivity index (χ1n) is 12.8. The zero-order chi connectivity index (χ0) is 28.1. The fourth-order valence-electron chi connectivity index (χ4n) is 4.66. The number of aromatic nitrogens is 1. The van der Waals surface area contributed by atoms with Gasteiger partial charge < -0.3 is 15.0 Å². The second-order valence-electron chi connectivity index (χ2n) is 9.38. The third-order valence-electron chi connectivity index (χ3n) is 6.69. The van der Waals surface area contributed by atoms with Crippen LogP contribution in [0.5, 0.6) is 5.75 Å². The van der Waals surface area contributed by atoms with E-state index in [1.54, 1.807) is 41.0 Å². The topological polar surface area (TPSA) is 71.5 Å². The highest BCUT2D eigenvalue weighted by atomic mass is 32.1. The summed E-state index contributed by atoms with van der Waals surface area (Å²) in [6.45, 7) is 1.35. The summed E-state index contributed by atoms with van der Waals surface area (Å²) in [7, 11) is 0. The van der Waals surface area contributed by atoms with E-state index >= 15 is 0 Å². The van der Waals surface area contributed by atoms with Crippen LogP contribution in [0.25, 0.3) is 11.1 Å². The van der Waals surface area contributed by atoms with E-state index in [0.717, 1.165) is 24.3 Å². The number of piperidine rings is 1. The Hall–Kier alpha value is -3.70. The number of hydrogen-bond donors (Lipinski definition) is 1. The van der Waals surface area contributed by atoms with Gasteiger partial charge in [-0.1, -0.05) is 36.4 Å². The Morgan fingerprint density at radius 3 is 2.45 bits per heavy atom. The number of thiophene rings is 1. The molecule has 208 valence electrons. The summed E-state index contributed by atoms with van der Waals surface area (Å²) in [5.41, 5.74) is 2.10. The third kappa shape index (κ3) is 7.08. The number of carbonyl (C=O) groups excluding carboxylic acids is 2. The van der Waals surface area contributed by atoms with Crippen LogP contribution in [-0.4, -0.2) is 41.2 Å². The first-order chi connectivity index (χ1) is 19.2. The van der Waals surface area contributed by atoms with Crippen molar-refractivity contribution >= 4 is 40.2 Å². The summed E-state index contributed by atoms with van der Waals surface area (Å²) in [5, 5.41) is 7.51. The molecule has 2 aromatic heterocycles. The summed E-state index contributed by atoms with van der Waals surface area (Å²) in [4.78, 5) is 33.4. The maximum atomic E-state index is 13.1. The van der Waals surface area contributed by atoms with Crippen molar-refractivity contribution in [2.75, 3.05) is 18.4 Å². The van der Waals surface area contributed by atoms with Gasteiger partial charge in [0.25, 0.3) is 5.91 Å². The van der Waals surface area contributed by atoms with Crippen molar-refractivity contribution in [1.29, 1.82) is 0 Å². The number of anilines is 1. The Kier molecular flexibility index (Phi) is 8.51. The number of para-hydroxylation sites is 1. The Morgan fingerprint density at radius 2 is 1.75 bits per heavy atom. The van der Waals surface area contributed by atoms with E-state index in [-0.39, 0.29) is 23.5 Å². The lowest BCUT2D eigenvalue weighted by atomic mass is 9.97. The lowest BCUT2D eigenvalue weighted by Gasteiger charge is -2.31. The molecule has 1 N–H and O–H groups in total. The molecule has 0 atom stereocenters. The average Bonchev–Trinajstić information content (AvgIpc) is 3.65. The van der Waals surface area contributed by atoms with Crippen LogP contribution in [0, 0.1) is 0 Å². The number of likely N-dealkylation sites (tertiary alicyclic amines) is 1. The van der Waals surface area contributed by atoms with Crippen LogP contribution in [-0.2, 0) is 11.2 Å². The van der Waals surface area contributed by atoms with Gasteiger partial charge in [-0.25, -0.2) is 4.98 Å². The molecule has 5 rings (SSSR count). The second kappa shape index (κ2) is 12.2. The van der Waals surface area contributed by atoms with Crippen LogP contribution in [0.4, 0.5) is 18.9 Å². The molecule has 4 aromatic rings. The van der Waals surface area contributed by atoms with E-state index in [1.165, 1.54) is 40.5 Å². The number of amides is 2. The molecule has 40 heavy (non-hydrogen) atoms. The molecule has 0 aliphatic carbocycles. The number of benzene rings is 2. The minimum absolute atomic E-state index is 0.173. The molecule has 0 spiro atoms. The third-order valence-corrected chi connectivity index (χ3v) is 8.63. The summed E-state index contributed by atoms with van der Waals surface area (Å²) in [6, 6.07) is 16.6. The van der Waals surface area contributed by atoms with Crippen LogP contribution >= 0.6 is 22.7 Å². The van der Waals surface area contributed by atoms with E-state index in [0.29, 0.717) is 42.0 Å². The molecule has 1 aliphatic heterocycles. The lowest BCUT2D eigenvalue weighted by molar-refractivity contribution is -0.274. The quantitative estimate of drug-likeness (QED) is 0.235. The highest BCUT2D eigenvalue weighted by Gasteiger charge is 2.31. The van der Waals surface area contributed by atoms with Crippen LogP contribution in [0.15, 0.2) is 71.4 Å². The van der Waals surface area contributed by atoms with E-state index in [1.807, 2.05) is 22.4 Å². The molecule has 1 saturated heterocycles. The monoisotopic (exact) mass is 585 g/mol. The summed E-state index contributed by atoms with van der Waals surface area (Å²) >= 11 is 3.11. The lowest BCUT2D eigenvalue weighted by Crippen LogP contribution is -2.38. The number of alkyl halides is 3. The number of thiazole rings is 1. The minimum Gasteiger partial charge on any atom is -0.406 e. The second-order valence-corrected chi connectivity index (χ2v) is 11.3. The Morgan fingerprint density at radius 1 is 1.00 bits per heavy atom. The summed E-state index contributed by atoms with van der Waals surface area (Å²) < 4.78 is 41.4. The van der Waals surface area contributed by atoms with E-state index in [4.69, 9.17) is 0 Å². The number of ether oxygens (including phenoxy) is 1. The molecule has 0 radical (unpaired) electrons. The number of aryl methyl sites for hydroxylation is 1. The molecule has 1 fully saturated rings. The molecule has 0 saturated carbocycles. The highest BCUT2D eigenvalue weighted by Crippen LogP contribution is 2.33. The maximum Gasteiger partial charge on any atom is 0.573 e. The van der Waals surface area contributed by atoms with Crippen LogP contribution in [0.3, 0.4) is 0 Å². The van der Waals surface area contributed by atoms with Crippen molar-refractivity contribution in [3.05, 3.63) is 87.0 Å². The van der Waals surface area contributed by atoms with Crippen molar-refractivity contribution in [3.8, 4) is 16.9 Å². The van der Waals surface area contributed by atoms with Gasteiger partial charge in [0.05, 0.1) is 5.01 Å². The van der Waals surface area contributed by atoms with E-state index in [9.17, 15) is 22.8 Å². The van der Waals surface area contributed by atoms with Gasteiger partial charge in [0.2, 0.25) is 5.91 Å². The molecule has 11 heteroatoms. The van der Waals surface area contributed by atoms with Crippen molar-refractivity contribution in [2.24, 2.45) is 0 Å². The molecule has 0 unspecified atom stereocenters. The standard InChI is InChI=1S/C29H26F3N3O3S2/c30-29(31,32)38-21-9-7-19(8-10-21)23-5-1-2-6-24(23)33-27(37)25-18-40-28(34-25)20-13-15-35(16-14-20)26(36)12-11-22-4-3-17-39-22/h1-10,17-18,20H,11-16H2,(H,33,37). The molecular formula is C29H26F3N3O3S2. The number of nitrogens with one attached hydrogen (secondary N) is 1. The van der Waals surface area contributed by atoms with Gasteiger partial charge in [-0.15, -0.1) is 35.8 Å². The number of hydrogen-bond acceptors (Lipinski definition) is 6. The van der Waals surface area contributed by atoms with Gasteiger partial charge in [-0.05, 0) is 54.5 Å². The molecule has 1 aliphatic rings. The van der Waals surface area contributed by atoms with Crippen LogP contribution in [0.1, 0.15) is 45.6 Å². The fraction of sp³-hybridized carbons (Fsp3) is 0.276. The Bertz CT molecular complexity index is 1450. The number of nitrogens with zero attached hydrogens (tertiary/aromatic N) is 2. The zero-order valence-corrected chi connectivity index (χ0v) is 23.0. The average molecular weight is 586 g/mol. The van der Waals surface area contributed by atoms with E-state index in [2.05, 4.69) is 15.0 Å². The molecule has 0 bridgehead atoms. The Labute approximate surface area is 237 Å². The van der Waals surface area contributed by atoms with Crippen molar-refractivity contribution in [2.45, 2.75) is 38.0 Å². The fourth-order valence-corrected chi connectivity index (χ4v) is 6.34. The van der Waals surface area contributed by atoms with Crippen molar-refractivity contribution in [3.63, 3.8) is 0 Å². The smallest absolute Gasteiger partial charge is 0.406 e. The van der Waals surface area contributed by atoms with Gasteiger partial charge in [0, 0.05) is 46.9 Å². The van der Waals surface area contributed by atoms with Gasteiger partial charge in [0.15, 0.2) is 0 Å². The van der Waals surface area contributed by atoms with Crippen molar-refractivity contribution in [1.82, 2.24) is 9.88 Å².